The van der Waals surface area contributed by atoms with E-state index in [1.165, 1.54) is 0 Å². The van der Waals surface area contributed by atoms with Gasteiger partial charge in [0.2, 0.25) is 15.9 Å². The lowest BCUT2D eigenvalue weighted by atomic mass is 9.94. The molecular weight excluding hydrogens is 316 g/mol. The summed E-state index contributed by atoms with van der Waals surface area (Å²) in [6, 6.07) is 1.21. The molecule has 3 rings (SSSR count). The van der Waals surface area contributed by atoms with Gasteiger partial charge < -0.3 is 4.90 Å². The summed E-state index contributed by atoms with van der Waals surface area (Å²) in [6.07, 6.45) is 5.57. The fraction of sp³-hybridized carbons (Fsp3) is 0.733. The van der Waals surface area contributed by atoms with Gasteiger partial charge in [0.1, 0.15) is 0 Å². The van der Waals surface area contributed by atoms with Crippen molar-refractivity contribution in [2.45, 2.75) is 44.2 Å². The number of likely N-dealkylation sites (tertiary alicyclic amines) is 1. The number of amides is 1. The van der Waals surface area contributed by atoms with Crippen molar-refractivity contribution in [3.63, 3.8) is 0 Å². The van der Waals surface area contributed by atoms with E-state index in [1.807, 2.05) is 6.07 Å². The predicted molar refractivity (Wildman–Crippen MR) is 86.0 cm³/mol. The van der Waals surface area contributed by atoms with Crippen molar-refractivity contribution >= 4 is 15.9 Å². The quantitative estimate of drug-likeness (QED) is 0.830. The zero-order valence-electron chi connectivity index (χ0n) is 13.6. The van der Waals surface area contributed by atoms with Crippen LogP contribution in [0.4, 0.5) is 0 Å². The summed E-state index contributed by atoms with van der Waals surface area (Å²) >= 11 is 0. The van der Waals surface area contributed by atoms with E-state index in [1.54, 1.807) is 29.9 Å². The minimum absolute atomic E-state index is 0.0321. The fourth-order valence-electron chi connectivity index (χ4n) is 3.26. The van der Waals surface area contributed by atoms with Crippen LogP contribution in [0.1, 0.15) is 43.8 Å². The lowest BCUT2D eigenvalue weighted by Gasteiger charge is -2.39. The largest absolute Gasteiger partial charge is 0.336 e. The molecular formula is C15H24N4O3S. The highest BCUT2D eigenvalue weighted by Gasteiger charge is 2.38. The Hall–Kier alpha value is -1.41. The standard InChI is InChI=1S/C15H24N4O3S/c1-18-14(20)6-5-12(15(18)13-7-9-16-19(13)2)17-23(21,22)10-8-11-3-4-11/h7,9,11-12,15,17H,3-6,8,10H2,1-2H3/t12-,15-/m1/s1. The molecule has 1 amide bonds. The minimum atomic E-state index is -3.33. The van der Waals surface area contributed by atoms with Crippen molar-refractivity contribution in [3.8, 4) is 0 Å². The van der Waals surface area contributed by atoms with E-state index >= 15 is 0 Å². The normalized spacial score (nSPS) is 25.8. The molecule has 1 aromatic rings. The van der Waals surface area contributed by atoms with Gasteiger partial charge in [-0.1, -0.05) is 12.8 Å². The van der Waals surface area contributed by atoms with Crippen LogP contribution in [0, 0.1) is 5.92 Å². The Morgan fingerprint density at radius 1 is 1.30 bits per heavy atom. The topological polar surface area (TPSA) is 84.3 Å². The first-order valence-corrected chi connectivity index (χ1v) is 9.76. The Morgan fingerprint density at radius 3 is 2.65 bits per heavy atom. The monoisotopic (exact) mass is 340 g/mol. The molecule has 2 atom stereocenters. The smallest absolute Gasteiger partial charge is 0.222 e. The lowest BCUT2D eigenvalue weighted by molar-refractivity contribution is -0.135. The molecule has 1 saturated carbocycles. The van der Waals surface area contributed by atoms with Crippen molar-refractivity contribution in [1.82, 2.24) is 19.4 Å². The highest BCUT2D eigenvalue weighted by molar-refractivity contribution is 7.89. The van der Waals surface area contributed by atoms with Gasteiger partial charge in [-0.05, 0) is 24.8 Å². The Bertz CT molecular complexity index is 681. The average molecular weight is 340 g/mol. The van der Waals surface area contributed by atoms with Crippen LogP contribution in [0.25, 0.3) is 0 Å². The number of carbonyl (C=O) groups is 1. The van der Waals surface area contributed by atoms with Gasteiger partial charge in [0.25, 0.3) is 0 Å². The third-order valence-corrected chi connectivity index (χ3v) is 6.28. The Labute approximate surface area is 137 Å². The Balaban J connectivity index is 1.77. The number of aromatic nitrogens is 2. The molecule has 8 heteroatoms. The van der Waals surface area contributed by atoms with Crippen LogP contribution in [0.2, 0.25) is 0 Å². The van der Waals surface area contributed by atoms with Gasteiger partial charge in [0.15, 0.2) is 0 Å². The molecule has 128 valence electrons. The molecule has 0 radical (unpaired) electrons. The number of hydrogen-bond donors (Lipinski definition) is 1. The highest BCUT2D eigenvalue weighted by atomic mass is 32.2. The number of aryl methyl sites for hydroxylation is 1. The molecule has 7 nitrogen and oxygen atoms in total. The predicted octanol–water partition coefficient (Wildman–Crippen LogP) is 0.801. The molecule has 2 fully saturated rings. The molecule has 0 bridgehead atoms. The summed E-state index contributed by atoms with van der Waals surface area (Å²) < 4.78 is 29.3. The summed E-state index contributed by atoms with van der Waals surface area (Å²) in [7, 11) is 0.202. The first-order valence-electron chi connectivity index (χ1n) is 8.11. The van der Waals surface area contributed by atoms with E-state index in [9.17, 15) is 13.2 Å². The second kappa shape index (κ2) is 6.24. The number of rotatable bonds is 6. The number of nitrogens with zero attached hydrogens (tertiary/aromatic N) is 3. The molecule has 2 heterocycles. The van der Waals surface area contributed by atoms with Gasteiger partial charge in [-0.2, -0.15) is 5.10 Å². The number of carbonyl (C=O) groups excluding carboxylic acids is 1. The number of nitrogens with one attached hydrogen (secondary N) is 1. The molecule has 1 aliphatic carbocycles. The average Bonchev–Trinajstić information content (AvgIpc) is 3.23. The zero-order valence-corrected chi connectivity index (χ0v) is 14.4. The first-order chi connectivity index (χ1) is 10.9. The van der Waals surface area contributed by atoms with Gasteiger partial charge >= 0.3 is 0 Å². The Kier molecular flexibility index (Phi) is 4.46. The van der Waals surface area contributed by atoms with Crippen LogP contribution in [0.15, 0.2) is 12.3 Å². The van der Waals surface area contributed by atoms with Gasteiger partial charge in [-0.25, -0.2) is 13.1 Å². The van der Waals surface area contributed by atoms with Crippen LogP contribution in [0.3, 0.4) is 0 Å². The van der Waals surface area contributed by atoms with Crippen LogP contribution in [-0.4, -0.2) is 47.8 Å². The van der Waals surface area contributed by atoms with E-state index < -0.39 is 10.0 Å². The summed E-state index contributed by atoms with van der Waals surface area (Å²) in [6.45, 7) is 0. The second-order valence-corrected chi connectivity index (χ2v) is 8.52. The Morgan fingerprint density at radius 2 is 2.04 bits per heavy atom. The van der Waals surface area contributed by atoms with Gasteiger partial charge in [0.05, 0.1) is 17.5 Å². The SMILES string of the molecule is CN1C(=O)CC[C@@H](NS(=O)(=O)CCC2CC2)[C@@H]1c1ccnn1C. The van der Waals surface area contributed by atoms with Crippen molar-refractivity contribution in [2.24, 2.45) is 13.0 Å². The van der Waals surface area contributed by atoms with E-state index in [0.717, 1.165) is 25.0 Å². The minimum Gasteiger partial charge on any atom is -0.336 e. The van der Waals surface area contributed by atoms with Crippen LogP contribution in [0.5, 0.6) is 0 Å². The number of piperidine rings is 1. The van der Waals surface area contributed by atoms with Crippen molar-refractivity contribution < 1.29 is 13.2 Å². The lowest BCUT2D eigenvalue weighted by Crippen LogP contribution is -2.51. The fourth-order valence-corrected chi connectivity index (χ4v) is 4.73. The van der Waals surface area contributed by atoms with Crippen molar-refractivity contribution in [3.05, 3.63) is 18.0 Å². The molecule has 2 aliphatic rings. The maximum atomic E-state index is 12.4. The third kappa shape index (κ3) is 3.74. The number of hydrogen-bond acceptors (Lipinski definition) is 4. The third-order valence-electron chi connectivity index (χ3n) is 4.85. The van der Waals surface area contributed by atoms with Gasteiger partial charge in [-0.15, -0.1) is 0 Å². The maximum absolute atomic E-state index is 12.4. The summed E-state index contributed by atoms with van der Waals surface area (Å²) in [5.74, 6) is 0.781. The number of likely N-dealkylation sites (N-methyl/N-ethyl adjacent to an activating group) is 1. The molecule has 1 aromatic heterocycles. The van der Waals surface area contributed by atoms with Crippen LogP contribution >= 0.6 is 0 Å². The molecule has 1 saturated heterocycles. The summed E-state index contributed by atoms with van der Waals surface area (Å²) in [4.78, 5) is 13.7. The first kappa shape index (κ1) is 16.4. The zero-order chi connectivity index (χ0) is 16.6. The molecule has 0 unspecified atom stereocenters. The van der Waals surface area contributed by atoms with Crippen molar-refractivity contribution in [1.29, 1.82) is 0 Å². The van der Waals surface area contributed by atoms with E-state index in [2.05, 4.69) is 9.82 Å². The van der Waals surface area contributed by atoms with E-state index in [-0.39, 0.29) is 23.7 Å². The van der Waals surface area contributed by atoms with Crippen molar-refractivity contribution in [2.75, 3.05) is 12.8 Å². The van der Waals surface area contributed by atoms with Gasteiger partial charge in [0, 0.05) is 32.8 Å². The summed E-state index contributed by atoms with van der Waals surface area (Å²) in [5, 5.41) is 4.15. The number of sulfonamides is 1. The molecule has 1 N–H and O–H groups in total. The second-order valence-electron chi connectivity index (χ2n) is 6.64. The molecule has 23 heavy (non-hydrogen) atoms. The van der Waals surface area contributed by atoms with E-state index in [4.69, 9.17) is 0 Å². The summed E-state index contributed by atoms with van der Waals surface area (Å²) in [5.41, 5.74) is 0.843. The van der Waals surface area contributed by atoms with E-state index in [0.29, 0.717) is 18.8 Å². The van der Waals surface area contributed by atoms with Crippen LogP contribution < -0.4 is 4.72 Å². The molecule has 0 aromatic carbocycles. The molecule has 1 aliphatic heterocycles. The molecule has 0 spiro atoms. The van der Waals surface area contributed by atoms with Crippen LogP contribution in [-0.2, 0) is 21.9 Å². The highest BCUT2D eigenvalue weighted by Crippen LogP contribution is 2.33. The van der Waals surface area contributed by atoms with Gasteiger partial charge in [-0.3, -0.25) is 9.48 Å². The maximum Gasteiger partial charge on any atom is 0.222 e.